The first-order chi connectivity index (χ1) is 10.8. The van der Waals surface area contributed by atoms with Crippen molar-refractivity contribution in [3.05, 3.63) is 29.8 Å². The molecule has 1 aliphatic carbocycles. The van der Waals surface area contributed by atoms with Gasteiger partial charge in [-0.05, 0) is 62.5 Å². The summed E-state index contributed by atoms with van der Waals surface area (Å²) in [6.45, 7) is 10.8. The van der Waals surface area contributed by atoms with E-state index in [0.717, 1.165) is 30.1 Å². The van der Waals surface area contributed by atoms with Crippen molar-refractivity contribution in [1.29, 1.82) is 0 Å². The van der Waals surface area contributed by atoms with Gasteiger partial charge in [0.05, 0.1) is 0 Å². The molecule has 0 spiro atoms. The van der Waals surface area contributed by atoms with E-state index in [2.05, 4.69) is 26.1 Å². The van der Waals surface area contributed by atoms with Crippen LogP contribution in [-0.4, -0.2) is 18.1 Å². The van der Waals surface area contributed by atoms with Gasteiger partial charge in [0.15, 0.2) is 6.10 Å². The van der Waals surface area contributed by atoms with Crippen molar-refractivity contribution >= 4 is 5.91 Å². The molecule has 1 fully saturated rings. The number of hydrogen-bond acceptors (Lipinski definition) is 2. The Bertz CT molecular complexity index is 525. The van der Waals surface area contributed by atoms with Crippen molar-refractivity contribution in [2.24, 2.45) is 11.3 Å². The van der Waals surface area contributed by atoms with Crippen LogP contribution in [0.1, 0.15) is 58.9 Å². The second-order valence-electron chi connectivity index (χ2n) is 7.95. The minimum absolute atomic E-state index is 0.00698. The highest BCUT2D eigenvalue weighted by molar-refractivity contribution is 5.81. The monoisotopic (exact) mass is 317 g/mol. The molecule has 1 amide bonds. The molecule has 1 aliphatic rings. The summed E-state index contributed by atoms with van der Waals surface area (Å²) >= 11 is 0. The van der Waals surface area contributed by atoms with E-state index in [1.807, 2.05) is 38.1 Å². The smallest absolute Gasteiger partial charge is 0.260 e. The molecule has 0 radical (unpaired) electrons. The Balaban J connectivity index is 1.82. The molecule has 1 atom stereocenters. The Morgan fingerprint density at radius 1 is 1.17 bits per heavy atom. The summed E-state index contributed by atoms with van der Waals surface area (Å²) in [4.78, 5) is 12.4. The lowest BCUT2D eigenvalue weighted by molar-refractivity contribution is -0.128. The predicted octanol–water partition coefficient (Wildman–Crippen LogP) is 4.48. The highest BCUT2D eigenvalue weighted by Gasteiger charge is 2.30. The van der Waals surface area contributed by atoms with Crippen LogP contribution in [0, 0.1) is 18.3 Å². The van der Waals surface area contributed by atoms with Crippen LogP contribution in [0.15, 0.2) is 24.3 Å². The summed E-state index contributed by atoms with van der Waals surface area (Å²) < 4.78 is 5.81. The van der Waals surface area contributed by atoms with Gasteiger partial charge in [0, 0.05) is 6.04 Å². The van der Waals surface area contributed by atoms with E-state index in [4.69, 9.17) is 4.74 Å². The normalized spacial score (nSPS) is 23.2. The first-order valence-electron chi connectivity index (χ1n) is 8.80. The van der Waals surface area contributed by atoms with Gasteiger partial charge in [-0.25, -0.2) is 0 Å². The molecule has 3 nitrogen and oxygen atoms in total. The number of nitrogens with one attached hydrogen (secondary N) is 1. The van der Waals surface area contributed by atoms with E-state index in [0.29, 0.717) is 11.5 Å². The number of carbonyl (C=O) groups is 1. The quantitative estimate of drug-likeness (QED) is 0.889. The molecule has 1 unspecified atom stereocenters. The average molecular weight is 317 g/mol. The lowest BCUT2D eigenvalue weighted by atomic mass is 9.71. The zero-order valence-electron chi connectivity index (χ0n) is 15.2. The topological polar surface area (TPSA) is 38.3 Å². The molecule has 0 aliphatic heterocycles. The second-order valence-corrected chi connectivity index (χ2v) is 7.95. The standard InChI is InChI=1S/C20H31NO2/c1-14-8-6-7-9-18(14)23-15(2)19(22)21-17-12-10-16(11-13-17)20(3,4)5/h6-9,15-17H,10-13H2,1-5H3,(H,21,22). The van der Waals surface area contributed by atoms with Crippen molar-refractivity contribution in [1.82, 2.24) is 5.32 Å². The maximum atomic E-state index is 12.4. The fourth-order valence-electron chi connectivity index (χ4n) is 3.35. The molecule has 2 rings (SSSR count). The molecule has 0 saturated heterocycles. The van der Waals surface area contributed by atoms with Crippen LogP contribution in [0.3, 0.4) is 0 Å². The van der Waals surface area contributed by atoms with Gasteiger partial charge >= 0.3 is 0 Å². The number of hydrogen-bond donors (Lipinski definition) is 1. The third kappa shape index (κ3) is 4.98. The largest absolute Gasteiger partial charge is 0.481 e. The van der Waals surface area contributed by atoms with Crippen LogP contribution in [-0.2, 0) is 4.79 Å². The Morgan fingerprint density at radius 3 is 2.35 bits per heavy atom. The van der Waals surface area contributed by atoms with Crippen molar-refractivity contribution in [2.45, 2.75) is 72.4 Å². The van der Waals surface area contributed by atoms with E-state index in [-0.39, 0.29) is 5.91 Å². The molecule has 3 heteroatoms. The van der Waals surface area contributed by atoms with Gasteiger partial charge in [0.1, 0.15) is 5.75 Å². The first-order valence-corrected chi connectivity index (χ1v) is 8.80. The van der Waals surface area contributed by atoms with Gasteiger partial charge in [-0.1, -0.05) is 39.0 Å². The van der Waals surface area contributed by atoms with Crippen LogP contribution in [0.4, 0.5) is 0 Å². The van der Waals surface area contributed by atoms with Gasteiger partial charge < -0.3 is 10.1 Å². The third-order valence-electron chi connectivity index (χ3n) is 5.06. The van der Waals surface area contributed by atoms with Crippen LogP contribution in [0.5, 0.6) is 5.75 Å². The highest BCUT2D eigenvalue weighted by Crippen LogP contribution is 2.37. The summed E-state index contributed by atoms with van der Waals surface area (Å²) in [5, 5.41) is 3.17. The summed E-state index contributed by atoms with van der Waals surface area (Å²) in [5.41, 5.74) is 1.42. The maximum Gasteiger partial charge on any atom is 0.260 e. The summed E-state index contributed by atoms with van der Waals surface area (Å²) in [6.07, 6.45) is 4.08. The number of para-hydroxylation sites is 1. The van der Waals surface area contributed by atoms with E-state index >= 15 is 0 Å². The lowest BCUT2D eigenvalue weighted by Gasteiger charge is -2.37. The molecule has 1 aromatic carbocycles. The number of benzene rings is 1. The molecular formula is C20H31NO2. The van der Waals surface area contributed by atoms with Crippen molar-refractivity contribution < 1.29 is 9.53 Å². The van der Waals surface area contributed by atoms with Crippen LogP contribution in [0.2, 0.25) is 0 Å². The minimum atomic E-state index is -0.462. The van der Waals surface area contributed by atoms with Crippen LogP contribution >= 0.6 is 0 Å². The fraction of sp³-hybridized carbons (Fsp3) is 0.650. The third-order valence-corrected chi connectivity index (χ3v) is 5.06. The number of carbonyl (C=O) groups excluding carboxylic acids is 1. The zero-order chi connectivity index (χ0) is 17.0. The highest BCUT2D eigenvalue weighted by atomic mass is 16.5. The molecule has 1 N–H and O–H groups in total. The van der Waals surface area contributed by atoms with Gasteiger partial charge in [0.2, 0.25) is 0 Å². The molecule has 0 heterocycles. The number of aryl methyl sites for hydroxylation is 1. The molecule has 1 aromatic rings. The van der Waals surface area contributed by atoms with E-state index < -0.39 is 6.10 Å². The summed E-state index contributed by atoms with van der Waals surface area (Å²) in [7, 11) is 0. The fourth-order valence-corrected chi connectivity index (χ4v) is 3.35. The predicted molar refractivity (Wildman–Crippen MR) is 94.6 cm³/mol. The first kappa shape index (κ1) is 17.8. The van der Waals surface area contributed by atoms with Gasteiger partial charge in [-0.15, -0.1) is 0 Å². The van der Waals surface area contributed by atoms with Crippen LogP contribution in [0.25, 0.3) is 0 Å². The van der Waals surface area contributed by atoms with Gasteiger partial charge in [0.25, 0.3) is 5.91 Å². The Hall–Kier alpha value is -1.51. The number of rotatable bonds is 4. The van der Waals surface area contributed by atoms with E-state index in [9.17, 15) is 4.79 Å². The molecular weight excluding hydrogens is 286 g/mol. The van der Waals surface area contributed by atoms with Gasteiger partial charge in [-0.2, -0.15) is 0 Å². The molecule has 23 heavy (non-hydrogen) atoms. The van der Waals surface area contributed by atoms with E-state index in [1.54, 1.807) is 0 Å². The molecule has 0 bridgehead atoms. The number of amides is 1. The SMILES string of the molecule is Cc1ccccc1OC(C)C(=O)NC1CCC(C(C)(C)C)CC1. The molecule has 0 aromatic heterocycles. The molecule has 128 valence electrons. The zero-order valence-corrected chi connectivity index (χ0v) is 15.2. The second kappa shape index (κ2) is 7.37. The minimum Gasteiger partial charge on any atom is -0.481 e. The maximum absolute atomic E-state index is 12.4. The van der Waals surface area contributed by atoms with E-state index in [1.165, 1.54) is 12.8 Å². The van der Waals surface area contributed by atoms with Crippen molar-refractivity contribution in [3.63, 3.8) is 0 Å². The summed E-state index contributed by atoms with van der Waals surface area (Å²) in [5.74, 6) is 1.54. The van der Waals surface area contributed by atoms with Gasteiger partial charge in [-0.3, -0.25) is 4.79 Å². The van der Waals surface area contributed by atoms with Crippen molar-refractivity contribution in [3.8, 4) is 5.75 Å². The molecule has 1 saturated carbocycles. The summed E-state index contributed by atoms with van der Waals surface area (Å²) in [6, 6.07) is 8.10. The average Bonchev–Trinajstić information content (AvgIpc) is 2.49. The Kier molecular flexibility index (Phi) is 5.72. The lowest BCUT2D eigenvalue weighted by Crippen LogP contribution is -2.44. The Labute approximate surface area is 140 Å². The number of ether oxygens (including phenoxy) is 1. The van der Waals surface area contributed by atoms with Crippen LogP contribution < -0.4 is 10.1 Å². The Morgan fingerprint density at radius 2 is 1.78 bits per heavy atom. The van der Waals surface area contributed by atoms with Crippen molar-refractivity contribution in [2.75, 3.05) is 0 Å².